The van der Waals surface area contributed by atoms with E-state index in [9.17, 15) is 14.7 Å². The van der Waals surface area contributed by atoms with Crippen LogP contribution >= 0.6 is 0 Å². The second-order valence-electron chi connectivity index (χ2n) is 7.88. The van der Waals surface area contributed by atoms with Gasteiger partial charge in [-0.15, -0.1) is 0 Å². The molecule has 1 heterocycles. The lowest BCUT2D eigenvalue weighted by Crippen LogP contribution is -2.54. The smallest absolute Gasteiger partial charge is 0.329 e. The van der Waals surface area contributed by atoms with E-state index in [-0.39, 0.29) is 11.6 Å². The van der Waals surface area contributed by atoms with Crippen LogP contribution in [0.4, 0.5) is 0 Å². The van der Waals surface area contributed by atoms with Crippen molar-refractivity contribution < 1.29 is 19.4 Å². The first-order valence-corrected chi connectivity index (χ1v) is 9.16. The fourth-order valence-electron chi connectivity index (χ4n) is 3.16. The molecule has 6 heteroatoms. The molecule has 3 aliphatic rings. The van der Waals surface area contributed by atoms with Crippen molar-refractivity contribution in [3.05, 3.63) is 23.5 Å². The normalized spacial score (nSPS) is 22.1. The number of ether oxygens (including phenoxy) is 1. The summed E-state index contributed by atoms with van der Waals surface area (Å²) in [5.41, 5.74) is 0.0468. The molecule has 1 atom stereocenters. The standard InChI is InChI=1S/C19H24N2O4/c1-19(18(23)24,14-6-7-14)21-17(22)16-15(25-10-11-2-3-11)8-13(9-20-16)12-4-5-12/h8-9,11-12,14H,2-7,10H2,1H3,(H,21,22)(H,23,24)/t19-/m0/s1. The van der Waals surface area contributed by atoms with Crippen LogP contribution in [0.25, 0.3) is 0 Å². The molecule has 3 aliphatic carbocycles. The van der Waals surface area contributed by atoms with Gasteiger partial charge < -0.3 is 15.2 Å². The molecule has 0 unspecified atom stereocenters. The summed E-state index contributed by atoms with van der Waals surface area (Å²) in [6, 6.07) is 1.91. The second kappa shape index (κ2) is 6.00. The van der Waals surface area contributed by atoms with Crippen molar-refractivity contribution in [2.75, 3.05) is 6.61 Å². The molecule has 6 nitrogen and oxygen atoms in total. The molecule has 0 aliphatic heterocycles. The molecule has 0 spiro atoms. The maximum absolute atomic E-state index is 12.8. The number of hydrogen-bond acceptors (Lipinski definition) is 4. The van der Waals surface area contributed by atoms with Gasteiger partial charge in [0.2, 0.25) is 0 Å². The Morgan fingerprint density at radius 2 is 2.00 bits per heavy atom. The third-order valence-electron chi connectivity index (χ3n) is 5.52. The molecule has 3 fully saturated rings. The summed E-state index contributed by atoms with van der Waals surface area (Å²) in [5, 5.41) is 12.2. The van der Waals surface area contributed by atoms with Gasteiger partial charge in [0.1, 0.15) is 5.54 Å². The topological polar surface area (TPSA) is 88.5 Å². The first-order chi connectivity index (χ1) is 12.0. The number of nitrogens with one attached hydrogen (secondary N) is 1. The van der Waals surface area contributed by atoms with Gasteiger partial charge in [-0.05, 0) is 74.8 Å². The molecule has 4 rings (SSSR count). The first-order valence-electron chi connectivity index (χ1n) is 9.16. The summed E-state index contributed by atoms with van der Waals surface area (Å²) < 4.78 is 5.88. The first kappa shape index (κ1) is 16.4. The van der Waals surface area contributed by atoms with Crippen LogP contribution in [-0.2, 0) is 4.79 Å². The monoisotopic (exact) mass is 344 g/mol. The van der Waals surface area contributed by atoms with Crippen molar-refractivity contribution in [2.24, 2.45) is 11.8 Å². The Balaban J connectivity index is 1.56. The Bertz CT molecular complexity index is 707. The SMILES string of the molecule is C[C@@](NC(=O)c1ncc(C2CC2)cc1OCC1CC1)(C(=O)O)C1CC1. The van der Waals surface area contributed by atoms with Gasteiger partial charge in [0.25, 0.3) is 5.91 Å². The number of rotatable bonds is 8. The highest BCUT2D eigenvalue weighted by atomic mass is 16.5. The van der Waals surface area contributed by atoms with Crippen molar-refractivity contribution in [3.63, 3.8) is 0 Å². The maximum Gasteiger partial charge on any atom is 0.329 e. The molecule has 1 amide bonds. The molecule has 2 N–H and O–H groups in total. The maximum atomic E-state index is 12.8. The minimum atomic E-state index is -1.25. The number of aliphatic carboxylic acids is 1. The number of aromatic nitrogens is 1. The highest BCUT2D eigenvalue weighted by Gasteiger charge is 2.49. The lowest BCUT2D eigenvalue weighted by Gasteiger charge is -2.26. The van der Waals surface area contributed by atoms with Crippen LogP contribution in [0.2, 0.25) is 0 Å². The zero-order valence-electron chi connectivity index (χ0n) is 14.5. The zero-order valence-corrected chi connectivity index (χ0v) is 14.5. The highest BCUT2D eigenvalue weighted by Crippen LogP contribution is 2.42. The summed E-state index contributed by atoms with van der Waals surface area (Å²) in [6.45, 7) is 2.17. The van der Waals surface area contributed by atoms with Crippen molar-refractivity contribution in [2.45, 2.75) is 56.9 Å². The van der Waals surface area contributed by atoms with Gasteiger partial charge in [-0.1, -0.05) is 0 Å². The Labute approximate surface area is 147 Å². The van der Waals surface area contributed by atoms with Crippen molar-refractivity contribution in [3.8, 4) is 5.75 Å². The minimum Gasteiger partial charge on any atom is -0.491 e. The predicted molar refractivity (Wildman–Crippen MR) is 90.7 cm³/mol. The van der Waals surface area contributed by atoms with E-state index in [0.29, 0.717) is 24.2 Å². The summed E-state index contributed by atoms with van der Waals surface area (Å²) in [7, 11) is 0. The Kier molecular flexibility index (Phi) is 3.93. The number of carbonyl (C=O) groups excluding carboxylic acids is 1. The van der Waals surface area contributed by atoms with E-state index in [2.05, 4.69) is 10.3 Å². The Hall–Kier alpha value is -2.11. The quantitative estimate of drug-likeness (QED) is 0.757. The number of pyridine rings is 1. The molecule has 1 aromatic rings. The fourth-order valence-corrected chi connectivity index (χ4v) is 3.16. The zero-order chi connectivity index (χ0) is 17.6. The van der Waals surface area contributed by atoms with E-state index in [1.165, 1.54) is 0 Å². The van der Waals surface area contributed by atoms with Crippen LogP contribution in [0.5, 0.6) is 5.75 Å². The fraction of sp³-hybridized carbons (Fsp3) is 0.632. The molecule has 25 heavy (non-hydrogen) atoms. The average Bonchev–Trinajstić information content (AvgIpc) is 3.45. The van der Waals surface area contributed by atoms with E-state index in [1.807, 2.05) is 6.07 Å². The van der Waals surface area contributed by atoms with Crippen LogP contribution in [-0.4, -0.2) is 34.1 Å². The number of carbonyl (C=O) groups is 2. The van der Waals surface area contributed by atoms with Crippen LogP contribution in [0, 0.1) is 11.8 Å². The largest absolute Gasteiger partial charge is 0.491 e. The van der Waals surface area contributed by atoms with Gasteiger partial charge >= 0.3 is 5.97 Å². The minimum absolute atomic E-state index is 0.0180. The van der Waals surface area contributed by atoms with Crippen molar-refractivity contribution in [1.82, 2.24) is 10.3 Å². The van der Waals surface area contributed by atoms with Gasteiger partial charge in [0.05, 0.1) is 6.61 Å². The molecular weight excluding hydrogens is 320 g/mol. The third kappa shape index (κ3) is 3.48. The summed E-state index contributed by atoms with van der Waals surface area (Å²) in [4.78, 5) is 28.8. The Morgan fingerprint density at radius 3 is 2.56 bits per heavy atom. The lowest BCUT2D eigenvalue weighted by atomic mass is 9.95. The molecule has 3 saturated carbocycles. The van der Waals surface area contributed by atoms with E-state index >= 15 is 0 Å². The van der Waals surface area contributed by atoms with E-state index in [0.717, 1.165) is 44.1 Å². The van der Waals surface area contributed by atoms with Crippen LogP contribution < -0.4 is 10.1 Å². The van der Waals surface area contributed by atoms with Gasteiger partial charge in [0, 0.05) is 6.20 Å². The molecule has 0 bridgehead atoms. The molecule has 0 saturated heterocycles. The highest BCUT2D eigenvalue weighted by molar-refractivity contribution is 5.98. The van der Waals surface area contributed by atoms with E-state index in [1.54, 1.807) is 13.1 Å². The van der Waals surface area contributed by atoms with Gasteiger partial charge in [0.15, 0.2) is 11.4 Å². The summed E-state index contributed by atoms with van der Waals surface area (Å²) in [5.74, 6) is 0.0797. The van der Waals surface area contributed by atoms with E-state index in [4.69, 9.17) is 4.74 Å². The molecule has 134 valence electrons. The second-order valence-corrected chi connectivity index (χ2v) is 7.88. The number of hydrogen-bond donors (Lipinski definition) is 2. The third-order valence-corrected chi connectivity index (χ3v) is 5.52. The molecule has 0 radical (unpaired) electrons. The van der Waals surface area contributed by atoms with Crippen LogP contribution in [0.1, 0.15) is 67.4 Å². The van der Waals surface area contributed by atoms with Crippen molar-refractivity contribution in [1.29, 1.82) is 0 Å². The summed E-state index contributed by atoms with van der Waals surface area (Å²) >= 11 is 0. The summed E-state index contributed by atoms with van der Waals surface area (Å²) in [6.07, 6.45) is 7.99. The number of carboxylic acid groups (broad SMARTS) is 1. The van der Waals surface area contributed by atoms with Crippen LogP contribution in [0.15, 0.2) is 12.3 Å². The lowest BCUT2D eigenvalue weighted by molar-refractivity contribution is -0.144. The van der Waals surface area contributed by atoms with Crippen molar-refractivity contribution >= 4 is 11.9 Å². The number of nitrogens with zero attached hydrogens (tertiary/aromatic N) is 1. The van der Waals surface area contributed by atoms with Gasteiger partial charge in [-0.25, -0.2) is 9.78 Å². The predicted octanol–water partition coefficient (Wildman–Crippen LogP) is 2.73. The number of carboxylic acids is 1. The molecule has 0 aromatic carbocycles. The average molecular weight is 344 g/mol. The Morgan fingerprint density at radius 1 is 1.28 bits per heavy atom. The van der Waals surface area contributed by atoms with Crippen LogP contribution in [0.3, 0.4) is 0 Å². The number of amides is 1. The molecule has 1 aromatic heterocycles. The molecular formula is C19H24N2O4. The van der Waals surface area contributed by atoms with Gasteiger partial charge in [-0.3, -0.25) is 4.79 Å². The van der Waals surface area contributed by atoms with Gasteiger partial charge in [-0.2, -0.15) is 0 Å². The van der Waals surface area contributed by atoms with E-state index < -0.39 is 17.4 Å².